The van der Waals surface area contributed by atoms with Crippen LogP contribution in [0.25, 0.3) is 0 Å². The second-order valence-electron chi connectivity index (χ2n) is 3.52. The lowest BCUT2D eigenvalue weighted by Gasteiger charge is -2.18. The number of amides is 2. The summed E-state index contributed by atoms with van der Waals surface area (Å²) in [6.45, 7) is 5.31. The molecule has 0 aliphatic heterocycles. The van der Waals surface area contributed by atoms with Gasteiger partial charge in [0.2, 0.25) is 11.8 Å². The van der Waals surface area contributed by atoms with Crippen LogP contribution in [0.5, 0.6) is 0 Å². The van der Waals surface area contributed by atoms with E-state index in [-0.39, 0.29) is 25.0 Å². The number of carbonyl (C=O) groups is 2. The SMILES string of the molecule is CCN(CC)C(=O)CNC(=O)CCCCO. The summed E-state index contributed by atoms with van der Waals surface area (Å²) in [4.78, 5) is 24.4. The van der Waals surface area contributed by atoms with Crippen molar-refractivity contribution in [3.8, 4) is 0 Å². The average Bonchev–Trinajstić information content (AvgIpc) is 2.28. The van der Waals surface area contributed by atoms with Crippen molar-refractivity contribution in [2.75, 3.05) is 26.2 Å². The van der Waals surface area contributed by atoms with Crippen LogP contribution in [-0.2, 0) is 9.59 Å². The van der Waals surface area contributed by atoms with E-state index in [1.807, 2.05) is 13.8 Å². The molecule has 2 N–H and O–H groups in total. The van der Waals surface area contributed by atoms with Gasteiger partial charge in [0.1, 0.15) is 0 Å². The number of hydrogen-bond acceptors (Lipinski definition) is 3. The highest BCUT2D eigenvalue weighted by molar-refractivity contribution is 5.84. The predicted molar refractivity (Wildman–Crippen MR) is 61.9 cm³/mol. The van der Waals surface area contributed by atoms with Gasteiger partial charge in [-0.2, -0.15) is 0 Å². The van der Waals surface area contributed by atoms with Crippen LogP contribution in [0, 0.1) is 0 Å². The molecule has 0 fully saturated rings. The highest BCUT2D eigenvalue weighted by Gasteiger charge is 2.10. The Kier molecular flexibility index (Phi) is 8.52. The molecule has 0 spiro atoms. The minimum atomic E-state index is -0.131. The molecular weight excluding hydrogens is 208 g/mol. The maximum Gasteiger partial charge on any atom is 0.241 e. The fraction of sp³-hybridized carbons (Fsp3) is 0.818. The molecule has 94 valence electrons. The van der Waals surface area contributed by atoms with Crippen LogP contribution in [0.15, 0.2) is 0 Å². The summed E-state index contributed by atoms with van der Waals surface area (Å²) in [7, 11) is 0. The molecule has 0 saturated carbocycles. The van der Waals surface area contributed by atoms with Gasteiger partial charge < -0.3 is 15.3 Å². The molecule has 2 amide bonds. The van der Waals surface area contributed by atoms with Crippen molar-refractivity contribution < 1.29 is 14.7 Å². The quantitative estimate of drug-likeness (QED) is 0.582. The van der Waals surface area contributed by atoms with Gasteiger partial charge >= 0.3 is 0 Å². The summed E-state index contributed by atoms with van der Waals surface area (Å²) in [6.07, 6.45) is 1.64. The number of hydrogen-bond donors (Lipinski definition) is 2. The number of aliphatic hydroxyl groups excluding tert-OH is 1. The van der Waals surface area contributed by atoms with Crippen LogP contribution in [-0.4, -0.2) is 48.1 Å². The molecule has 0 bridgehead atoms. The normalized spacial score (nSPS) is 9.94. The predicted octanol–water partition coefficient (Wildman–Crippen LogP) is 0.134. The average molecular weight is 230 g/mol. The molecule has 0 atom stereocenters. The van der Waals surface area contributed by atoms with Crippen molar-refractivity contribution in [2.45, 2.75) is 33.1 Å². The third kappa shape index (κ3) is 6.40. The van der Waals surface area contributed by atoms with Crippen molar-refractivity contribution in [1.82, 2.24) is 10.2 Å². The van der Waals surface area contributed by atoms with Crippen molar-refractivity contribution in [1.29, 1.82) is 0 Å². The third-order valence-corrected chi connectivity index (χ3v) is 2.36. The molecule has 5 nitrogen and oxygen atoms in total. The lowest BCUT2D eigenvalue weighted by molar-refractivity contribution is -0.132. The summed E-state index contributed by atoms with van der Waals surface area (Å²) in [5.41, 5.74) is 0. The molecule has 0 aromatic carbocycles. The van der Waals surface area contributed by atoms with Gasteiger partial charge in [-0.15, -0.1) is 0 Å². The zero-order valence-corrected chi connectivity index (χ0v) is 10.2. The Balaban J connectivity index is 3.70. The van der Waals surface area contributed by atoms with Crippen LogP contribution in [0.1, 0.15) is 33.1 Å². The monoisotopic (exact) mass is 230 g/mol. The van der Waals surface area contributed by atoms with Gasteiger partial charge in [0.15, 0.2) is 0 Å². The van der Waals surface area contributed by atoms with E-state index < -0.39 is 0 Å². The van der Waals surface area contributed by atoms with Gasteiger partial charge in [-0.1, -0.05) is 0 Å². The number of nitrogens with one attached hydrogen (secondary N) is 1. The van der Waals surface area contributed by atoms with E-state index >= 15 is 0 Å². The van der Waals surface area contributed by atoms with Gasteiger partial charge in [0.25, 0.3) is 0 Å². The number of carbonyl (C=O) groups excluding carboxylic acids is 2. The Morgan fingerprint density at radius 1 is 1.19 bits per heavy atom. The molecule has 0 heterocycles. The minimum absolute atomic E-state index is 0.0551. The number of unbranched alkanes of at least 4 members (excludes halogenated alkanes) is 1. The second kappa shape index (κ2) is 9.15. The van der Waals surface area contributed by atoms with E-state index in [0.717, 1.165) is 0 Å². The molecule has 0 aromatic heterocycles. The van der Waals surface area contributed by atoms with Crippen LogP contribution >= 0.6 is 0 Å². The minimum Gasteiger partial charge on any atom is -0.396 e. The first kappa shape index (κ1) is 14.9. The maximum atomic E-state index is 11.5. The summed E-state index contributed by atoms with van der Waals surface area (Å²) >= 11 is 0. The van der Waals surface area contributed by atoms with Gasteiger partial charge in [-0.25, -0.2) is 0 Å². The molecule has 0 rings (SSSR count). The Morgan fingerprint density at radius 3 is 2.31 bits per heavy atom. The van der Waals surface area contributed by atoms with Crippen molar-refractivity contribution >= 4 is 11.8 Å². The number of likely N-dealkylation sites (N-methyl/N-ethyl adjacent to an activating group) is 1. The largest absolute Gasteiger partial charge is 0.396 e. The number of aliphatic hydroxyl groups is 1. The Morgan fingerprint density at radius 2 is 1.81 bits per heavy atom. The smallest absolute Gasteiger partial charge is 0.241 e. The first-order valence-electron chi connectivity index (χ1n) is 5.81. The second-order valence-corrected chi connectivity index (χ2v) is 3.52. The lowest BCUT2D eigenvalue weighted by Crippen LogP contribution is -2.39. The van der Waals surface area contributed by atoms with Crippen LogP contribution in [0.4, 0.5) is 0 Å². The molecule has 0 aliphatic carbocycles. The maximum absolute atomic E-state index is 11.5. The summed E-state index contributed by atoms with van der Waals surface area (Å²) in [5, 5.41) is 11.1. The highest BCUT2D eigenvalue weighted by atomic mass is 16.3. The Hall–Kier alpha value is -1.10. The summed E-state index contributed by atoms with van der Waals surface area (Å²) < 4.78 is 0. The summed E-state index contributed by atoms with van der Waals surface area (Å²) in [6, 6.07) is 0. The first-order chi connectivity index (χ1) is 7.65. The van der Waals surface area contributed by atoms with Gasteiger partial charge in [-0.05, 0) is 26.7 Å². The summed E-state index contributed by atoms with van der Waals surface area (Å²) in [5.74, 6) is -0.186. The topological polar surface area (TPSA) is 69.6 Å². The lowest BCUT2D eigenvalue weighted by atomic mass is 10.2. The van der Waals surface area contributed by atoms with Gasteiger partial charge in [0, 0.05) is 26.1 Å². The van der Waals surface area contributed by atoms with E-state index in [9.17, 15) is 9.59 Å². The van der Waals surface area contributed by atoms with Crippen molar-refractivity contribution in [3.63, 3.8) is 0 Å². The van der Waals surface area contributed by atoms with E-state index in [1.54, 1.807) is 4.90 Å². The molecule has 0 aliphatic rings. The molecular formula is C11H22N2O3. The van der Waals surface area contributed by atoms with Gasteiger partial charge in [-0.3, -0.25) is 9.59 Å². The molecule has 0 saturated heterocycles. The molecule has 0 unspecified atom stereocenters. The van der Waals surface area contributed by atoms with E-state index in [2.05, 4.69) is 5.32 Å². The highest BCUT2D eigenvalue weighted by Crippen LogP contribution is 1.94. The zero-order chi connectivity index (χ0) is 12.4. The third-order valence-electron chi connectivity index (χ3n) is 2.36. The Bertz CT molecular complexity index is 215. The van der Waals surface area contributed by atoms with Crippen LogP contribution in [0.2, 0.25) is 0 Å². The first-order valence-corrected chi connectivity index (χ1v) is 5.81. The van der Waals surface area contributed by atoms with Crippen molar-refractivity contribution in [2.24, 2.45) is 0 Å². The Labute approximate surface area is 96.8 Å². The van der Waals surface area contributed by atoms with Crippen LogP contribution in [0.3, 0.4) is 0 Å². The molecule has 5 heteroatoms. The molecule has 0 radical (unpaired) electrons. The van der Waals surface area contributed by atoms with E-state index in [0.29, 0.717) is 32.4 Å². The van der Waals surface area contributed by atoms with E-state index in [1.165, 1.54) is 0 Å². The standard InChI is InChI=1S/C11H22N2O3/c1-3-13(4-2)11(16)9-12-10(15)7-5-6-8-14/h14H,3-9H2,1-2H3,(H,12,15). The number of nitrogens with zero attached hydrogens (tertiary/aromatic N) is 1. The molecule has 16 heavy (non-hydrogen) atoms. The number of rotatable bonds is 8. The van der Waals surface area contributed by atoms with Crippen molar-refractivity contribution in [3.05, 3.63) is 0 Å². The fourth-order valence-electron chi connectivity index (χ4n) is 1.35. The van der Waals surface area contributed by atoms with E-state index in [4.69, 9.17) is 5.11 Å². The van der Waals surface area contributed by atoms with Gasteiger partial charge in [0.05, 0.1) is 6.54 Å². The zero-order valence-electron chi connectivity index (χ0n) is 10.2. The molecule has 0 aromatic rings. The fourth-order valence-corrected chi connectivity index (χ4v) is 1.35. The van der Waals surface area contributed by atoms with Crippen LogP contribution < -0.4 is 5.32 Å².